The summed E-state index contributed by atoms with van der Waals surface area (Å²) in [6.07, 6.45) is 3.06. The minimum Gasteiger partial charge on any atom is -0.348 e. The van der Waals surface area contributed by atoms with E-state index < -0.39 is 10.0 Å². The molecule has 1 aromatic carbocycles. The van der Waals surface area contributed by atoms with Crippen LogP contribution in [0.1, 0.15) is 35.2 Å². The van der Waals surface area contributed by atoms with Gasteiger partial charge in [-0.1, -0.05) is 17.7 Å². The standard InChI is InChI=1S/C18H25N3O2S2/c1-13-10-14(2)17(15(3)11-13)25(22,23)19-7-6-16-12-24-18(20-16)21-8-4-5-9-21/h10-12,19H,4-9H2,1-3H3. The molecule has 1 N–H and O–H groups in total. The van der Waals surface area contributed by atoms with Crippen molar-refractivity contribution in [3.8, 4) is 0 Å². The summed E-state index contributed by atoms with van der Waals surface area (Å²) in [5.74, 6) is 0. The zero-order chi connectivity index (χ0) is 18.0. The Kier molecular flexibility index (Phi) is 5.46. The van der Waals surface area contributed by atoms with Gasteiger partial charge >= 0.3 is 0 Å². The summed E-state index contributed by atoms with van der Waals surface area (Å²) >= 11 is 1.65. The molecule has 3 rings (SSSR count). The number of benzene rings is 1. The highest BCUT2D eigenvalue weighted by Crippen LogP contribution is 2.25. The van der Waals surface area contributed by atoms with Gasteiger partial charge in [0.15, 0.2) is 5.13 Å². The van der Waals surface area contributed by atoms with Crippen LogP contribution in [-0.2, 0) is 16.4 Å². The number of thiazole rings is 1. The lowest BCUT2D eigenvalue weighted by atomic mass is 10.1. The Morgan fingerprint density at radius 1 is 1.16 bits per heavy atom. The molecule has 0 atom stereocenters. The van der Waals surface area contributed by atoms with Crippen LogP contribution in [0.4, 0.5) is 5.13 Å². The zero-order valence-corrected chi connectivity index (χ0v) is 16.6. The smallest absolute Gasteiger partial charge is 0.241 e. The molecule has 0 spiro atoms. The molecule has 0 bridgehead atoms. The SMILES string of the molecule is Cc1cc(C)c(S(=O)(=O)NCCc2csc(N3CCCC3)n2)c(C)c1. The summed E-state index contributed by atoms with van der Waals surface area (Å²) < 4.78 is 28.0. The molecule has 0 amide bonds. The molecule has 0 saturated carbocycles. The van der Waals surface area contributed by atoms with Gasteiger partial charge in [0.05, 0.1) is 10.6 Å². The van der Waals surface area contributed by atoms with Crippen LogP contribution in [0.5, 0.6) is 0 Å². The van der Waals surface area contributed by atoms with E-state index in [1.165, 1.54) is 12.8 Å². The van der Waals surface area contributed by atoms with Gasteiger partial charge < -0.3 is 4.90 Å². The number of hydrogen-bond acceptors (Lipinski definition) is 5. The molecule has 2 heterocycles. The number of sulfonamides is 1. The Morgan fingerprint density at radius 3 is 2.44 bits per heavy atom. The van der Waals surface area contributed by atoms with E-state index in [-0.39, 0.29) is 0 Å². The summed E-state index contributed by atoms with van der Waals surface area (Å²) in [6, 6.07) is 3.81. The topological polar surface area (TPSA) is 62.3 Å². The molecule has 0 radical (unpaired) electrons. The molecule has 5 nitrogen and oxygen atoms in total. The summed E-state index contributed by atoms with van der Waals surface area (Å²) in [6.45, 7) is 8.17. The van der Waals surface area contributed by atoms with Crippen LogP contribution in [0.3, 0.4) is 0 Å². The molecule has 25 heavy (non-hydrogen) atoms. The molecule has 1 aromatic heterocycles. The zero-order valence-electron chi connectivity index (χ0n) is 15.0. The minimum absolute atomic E-state index is 0.359. The van der Waals surface area contributed by atoms with Crippen LogP contribution in [0.15, 0.2) is 22.4 Å². The van der Waals surface area contributed by atoms with Gasteiger partial charge in [0.2, 0.25) is 10.0 Å². The van der Waals surface area contributed by atoms with Crippen molar-refractivity contribution in [2.45, 2.75) is 44.9 Å². The van der Waals surface area contributed by atoms with E-state index >= 15 is 0 Å². The van der Waals surface area contributed by atoms with Gasteiger partial charge in [0, 0.05) is 31.4 Å². The Bertz CT molecular complexity index is 830. The third-order valence-corrected chi connectivity index (χ3v) is 7.18. The number of hydrogen-bond donors (Lipinski definition) is 1. The number of aryl methyl sites for hydroxylation is 3. The van der Waals surface area contributed by atoms with Gasteiger partial charge in [-0.25, -0.2) is 18.1 Å². The molecule has 1 fully saturated rings. The van der Waals surface area contributed by atoms with Crippen LogP contribution < -0.4 is 9.62 Å². The molecule has 1 saturated heterocycles. The van der Waals surface area contributed by atoms with E-state index in [0.717, 1.165) is 40.6 Å². The molecule has 136 valence electrons. The molecular weight excluding hydrogens is 354 g/mol. The maximum atomic E-state index is 12.7. The van der Waals surface area contributed by atoms with E-state index in [2.05, 4.69) is 14.6 Å². The number of anilines is 1. The van der Waals surface area contributed by atoms with Gasteiger partial charge in [-0.05, 0) is 44.7 Å². The highest BCUT2D eigenvalue weighted by molar-refractivity contribution is 7.89. The largest absolute Gasteiger partial charge is 0.348 e. The molecular formula is C18H25N3O2S2. The fraction of sp³-hybridized carbons (Fsp3) is 0.500. The van der Waals surface area contributed by atoms with Crippen molar-refractivity contribution in [2.75, 3.05) is 24.5 Å². The Balaban J connectivity index is 1.63. The summed E-state index contributed by atoms with van der Waals surface area (Å²) in [7, 11) is -3.50. The third kappa shape index (κ3) is 4.22. The van der Waals surface area contributed by atoms with Crippen molar-refractivity contribution < 1.29 is 8.42 Å². The lowest BCUT2D eigenvalue weighted by Crippen LogP contribution is -2.27. The lowest BCUT2D eigenvalue weighted by molar-refractivity contribution is 0.580. The summed E-state index contributed by atoms with van der Waals surface area (Å²) in [4.78, 5) is 7.34. The van der Waals surface area contributed by atoms with Crippen molar-refractivity contribution in [3.63, 3.8) is 0 Å². The van der Waals surface area contributed by atoms with Crippen LogP contribution in [0, 0.1) is 20.8 Å². The van der Waals surface area contributed by atoms with E-state index in [9.17, 15) is 8.42 Å². The molecule has 7 heteroatoms. The maximum absolute atomic E-state index is 12.7. The molecule has 1 aliphatic rings. The minimum atomic E-state index is -3.50. The molecule has 1 aliphatic heterocycles. The first-order chi connectivity index (χ1) is 11.9. The third-order valence-electron chi connectivity index (χ3n) is 4.46. The predicted molar refractivity (Wildman–Crippen MR) is 103 cm³/mol. The van der Waals surface area contributed by atoms with E-state index in [1.807, 2.05) is 38.3 Å². The fourth-order valence-electron chi connectivity index (χ4n) is 3.44. The van der Waals surface area contributed by atoms with Gasteiger partial charge in [-0.3, -0.25) is 0 Å². The lowest BCUT2D eigenvalue weighted by Gasteiger charge is -2.13. The second kappa shape index (κ2) is 7.43. The van der Waals surface area contributed by atoms with Crippen molar-refractivity contribution in [1.82, 2.24) is 9.71 Å². The fourth-order valence-corrected chi connectivity index (χ4v) is 5.84. The quantitative estimate of drug-likeness (QED) is 0.837. The second-order valence-corrected chi connectivity index (χ2v) is 9.23. The predicted octanol–water partition coefficient (Wildman–Crippen LogP) is 3.19. The van der Waals surface area contributed by atoms with E-state index in [0.29, 0.717) is 17.9 Å². The van der Waals surface area contributed by atoms with Crippen molar-refractivity contribution in [2.24, 2.45) is 0 Å². The van der Waals surface area contributed by atoms with Crippen molar-refractivity contribution >= 4 is 26.5 Å². The van der Waals surface area contributed by atoms with E-state index in [4.69, 9.17) is 0 Å². The number of nitrogens with zero attached hydrogens (tertiary/aromatic N) is 2. The van der Waals surface area contributed by atoms with Crippen LogP contribution >= 0.6 is 11.3 Å². The van der Waals surface area contributed by atoms with Gasteiger partial charge in [-0.15, -0.1) is 11.3 Å². The van der Waals surface area contributed by atoms with Crippen molar-refractivity contribution in [1.29, 1.82) is 0 Å². The number of nitrogens with one attached hydrogen (secondary N) is 1. The van der Waals surface area contributed by atoms with E-state index in [1.54, 1.807) is 11.3 Å². The highest BCUT2D eigenvalue weighted by atomic mass is 32.2. The maximum Gasteiger partial charge on any atom is 0.241 e. The average Bonchev–Trinajstić information content (AvgIpc) is 3.16. The first-order valence-electron chi connectivity index (χ1n) is 8.64. The van der Waals surface area contributed by atoms with Gasteiger partial charge in [-0.2, -0.15) is 0 Å². The van der Waals surface area contributed by atoms with Crippen molar-refractivity contribution in [3.05, 3.63) is 39.9 Å². The second-order valence-electron chi connectivity index (χ2n) is 6.69. The first-order valence-corrected chi connectivity index (χ1v) is 11.0. The Labute approximate surface area is 154 Å². The average molecular weight is 380 g/mol. The molecule has 2 aromatic rings. The molecule has 0 unspecified atom stereocenters. The summed E-state index contributed by atoms with van der Waals surface area (Å²) in [5.41, 5.74) is 3.60. The van der Waals surface area contributed by atoms with Gasteiger partial charge in [0.1, 0.15) is 0 Å². The van der Waals surface area contributed by atoms with Crippen LogP contribution in [0.25, 0.3) is 0 Å². The molecule has 0 aliphatic carbocycles. The first kappa shape index (κ1) is 18.4. The normalized spacial score (nSPS) is 15.1. The Hall–Kier alpha value is -1.44. The number of aromatic nitrogens is 1. The number of rotatable bonds is 6. The highest BCUT2D eigenvalue weighted by Gasteiger charge is 2.20. The Morgan fingerprint density at radius 2 is 1.80 bits per heavy atom. The summed E-state index contributed by atoms with van der Waals surface area (Å²) in [5, 5.41) is 3.09. The van der Waals surface area contributed by atoms with Gasteiger partial charge in [0.25, 0.3) is 0 Å². The monoisotopic (exact) mass is 379 g/mol. The van der Waals surface area contributed by atoms with Crippen LogP contribution in [-0.4, -0.2) is 33.0 Å². The van der Waals surface area contributed by atoms with Crippen LogP contribution in [0.2, 0.25) is 0 Å².